The number of hydrogen-bond donors (Lipinski definition) is 1. The number of rotatable bonds is 7. The summed E-state index contributed by atoms with van der Waals surface area (Å²) in [5, 5.41) is 11.9. The smallest absolute Gasteiger partial charge is 0.321 e. The second-order valence-corrected chi connectivity index (χ2v) is 9.21. The predicted molar refractivity (Wildman–Crippen MR) is 138 cm³/mol. The fraction of sp³-hybridized carbons (Fsp3) is 0.185. The van der Waals surface area contributed by atoms with Crippen LogP contribution in [-0.2, 0) is 12.7 Å². The third-order valence-electron chi connectivity index (χ3n) is 6.22. The number of nitriles is 1. The molecule has 1 amide bonds. The molecule has 0 saturated heterocycles. The third kappa shape index (κ3) is 5.82. The SMILES string of the molecule is CN=c1n(CCF)c2cc(NC(=O)c3cc(F)cc(C(F)(F)F)c3)c(C(=O)c3cc(F)ccc3Cl)c(C#N)c2n1C(F)F. The van der Waals surface area contributed by atoms with Gasteiger partial charge in [0.15, 0.2) is 5.78 Å². The lowest BCUT2D eigenvalue weighted by Crippen LogP contribution is -2.27. The maximum Gasteiger partial charge on any atom is 0.416 e. The highest BCUT2D eigenvalue weighted by Crippen LogP contribution is 2.35. The molecule has 4 rings (SSSR count). The van der Waals surface area contributed by atoms with E-state index in [1.807, 2.05) is 0 Å². The number of anilines is 1. The van der Waals surface area contributed by atoms with Gasteiger partial charge in [-0.15, -0.1) is 0 Å². The number of ketones is 1. The van der Waals surface area contributed by atoms with E-state index < -0.39 is 93.9 Å². The summed E-state index contributed by atoms with van der Waals surface area (Å²) in [7, 11) is 1.09. The van der Waals surface area contributed by atoms with Gasteiger partial charge in [-0.05, 0) is 42.5 Å². The van der Waals surface area contributed by atoms with Crippen LogP contribution in [0.2, 0.25) is 5.02 Å². The van der Waals surface area contributed by atoms with Gasteiger partial charge >= 0.3 is 12.7 Å². The van der Waals surface area contributed by atoms with Gasteiger partial charge in [-0.2, -0.15) is 27.2 Å². The minimum Gasteiger partial charge on any atom is -0.321 e. The summed E-state index contributed by atoms with van der Waals surface area (Å²) in [5.74, 6) is -5.04. The Morgan fingerprint density at radius 3 is 2.37 bits per heavy atom. The summed E-state index contributed by atoms with van der Waals surface area (Å²) in [6.45, 7) is -5.08. The highest BCUT2D eigenvalue weighted by molar-refractivity contribution is 6.35. The number of benzene rings is 3. The van der Waals surface area contributed by atoms with Crippen molar-refractivity contribution in [1.82, 2.24) is 9.13 Å². The molecule has 16 heteroatoms. The quantitative estimate of drug-likeness (QED) is 0.183. The topological polar surface area (TPSA) is 92.2 Å². The van der Waals surface area contributed by atoms with Crippen LogP contribution in [0.15, 0.2) is 47.5 Å². The summed E-state index contributed by atoms with van der Waals surface area (Å²) in [4.78, 5) is 30.6. The molecule has 0 saturated carbocycles. The van der Waals surface area contributed by atoms with E-state index in [1.165, 1.54) is 0 Å². The molecular formula is C27H16ClF8N5O2. The van der Waals surface area contributed by atoms with Crippen LogP contribution in [0.5, 0.6) is 0 Å². The van der Waals surface area contributed by atoms with Crippen LogP contribution < -0.4 is 10.9 Å². The average Bonchev–Trinajstić information content (AvgIpc) is 3.25. The molecule has 1 aromatic heterocycles. The fourth-order valence-electron chi connectivity index (χ4n) is 4.49. The van der Waals surface area contributed by atoms with E-state index in [9.17, 15) is 50.0 Å². The summed E-state index contributed by atoms with van der Waals surface area (Å²) < 4.78 is 111. The number of aryl methyl sites for hydroxylation is 1. The zero-order valence-corrected chi connectivity index (χ0v) is 22.3. The van der Waals surface area contributed by atoms with Gasteiger partial charge in [0.05, 0.1) is 45.0 Å². The van der Waals surface area contributed by atoms with E-state index in [0.717, 1.165) is 29.8 Å². The van der Waals surface area contributed by atoms with Gasteiger partial charge in [-0.3, -0.25) is 19.1 Å². The second-order valence-electron chi connectivity index (χ2n) is 8.80. The molecule has 0 atom stereocenters. The van der Waals surface area contributed by atoms with Crippen molar-refractivity contribution in [3.8, 4) is 6.07 Å². The molecule has 0 unspecified atom stereocenters. The maximum absolute atomic E-state index is 14.3. The van der Waals surface area contributed by atoms with Crippen LogP contribution in [0.4, 0.5) is 40.8 Å². The molecule has 0 radical (unpaired) electrons. The molecule has 43 heavy (non-hydrogen) atoms. The van der Waals surface area contributed by atoms with Gasteiger partial charge in [0, 0.05) is 18.2 Å². The molecule has 3 aromatic carbocycles. The number of halogens is 9. The van der Waals surface area contributed by atoms with E-state index in [2.05, 4.69) is 10.3 Å². The van der Waals surface area contributed by atoms with Crippen LogP contribution in [0.3, 0.4) is 0 Å². The van der Waals surface area contributed by atoms with Gasteiger partial charge in [0.1, 0.15) is 24.4 Å². The molecule has 1 N–H and O–H groups in total. The molecular weight excluding hydrogens is 614 g/mol. The Kier molecular flexibility index (Phi) is 8.63. The highest BCUT2D eigenvalue weighted by atomic mass is 35.5. The van der Waals surface area contributed by atoms with E-state index in [0.29, 0.717) is 18.2 Å². The van der Waals surface area contributed by atoms with E-state index in [4.69, 9.17) is 11.6 Å². The molecule has 4 aromatic rings. The summed E-state index contributed by atoms with van der Waals surface area (Å²) in [6.07, 6.45) is -5.05. The van der Waals surface area contributed by atoms with Crippen molar-refractivity contribution in [3.63, 3.8) is 0 Å². The fourth-order valence-corrected chi connectivity index (χ4v) is 4.70. The van der Waals surface area contributed by atoms with Gasteiger partial charge in [-0.25, -0.2) is 13.2 Å². The molecule has 0 bridgehead atoms. The summed E-state index contributed by atoms with van der Waals surface area (Å²) >= 11 is 6.07. The first-order chi connectivity index (χ1) is 20.2. The minimum absolute atomic E-state index is 0.139. The van der Waals surface area contributed by atoms with Gasteiger partial charge < -0.3 is 9.88 Å². The molecule has 1 heterocycles. The second kappa shape index (κ2) is 11.9. The van der Waals surface area contributed by atoms with Gasteiger partial charge in [-0.1, -0.05) is 11.6 Å². The Labute approximate surface area is 241 Å². The lowest BCUT2D eigenvalue weighted by atomic mass is 9.95. The zero-order valence-electron chi connectivity index (χ0n) is 21.5. The van der Waals surface area contributed by atoms with Crippen LogP contribution >= 0.6 is 11.6 Å². The third-order valence-corrected chi connectivity index (χ3v) is 6.55. The first-order valence-corrected chi connectivity index (χ1v) is 12.3. The summed E-state index contributed by atoms with van der Waals surface area (Å²) in [6, 6.07) is 5.97. The van der Waals surface area contributed by atoms with Gasteiger partial charge in [0.2, 0.25) is 5.62 Å². The van der Waals surface area contributed by atoms with Crippen molar-refractivity contribution in [2.45, 2.75) is 19.3 Å². The Bertz CT molecular complexity index is 1890. The first kappa shape index (κ1) is 31.2. The number of alkyl halides is 6. The Morgan fingerprint density at radius 1 is 1.09 bits per heavy atom. The van der Waals surface area contributed by atoms with Crippen molar-refractivity contribution in [3.05, 3.63) is 92.6 Å². The predicted octanol–water partition coefficient (Wildman–Crippen LogP) is 6.64. The van der Waals surface area contributed by atoms with Crippen molar-refractivity contribution in [2.24, 2.45) is 4.99 Å². The number of carbonyl (C=O) groups is 2. The zero-order chi connectivity index (χ0) is 31.8. The molecule has 0 fully saturated rings. The maximum atomic E-state index is 14.3. The Morgan fingerprint density at radius 2 is 1.79 bits per heavy atom. The normalized spacial score (nSPS) is 12.2. The summed E-state index contributed by atoms with van der Waals surface area (Å²) in [5.41, 5.74) is -6.69. The van der Waals surface area contributed by atoms with Crippen molar-refractivity contribution in [1.29, 1.82) is 5.26 Å². The number of imidazole rings is 1. The number of fused-ring (bicyclic) bond motifs is 1. The largest absolute Gasteiger partial charge is 0.416 e. The van der Waals surface area contributed by atoms with Crippen LogP contribution in [0, 0.1) is 23.0 Å². The number of amides is 1. The lowest BCUT2D eigenvalue weighted by Gasteiger charge is -2.16. The average molecular weight is 630 g/mol. The number of aromatic nitrogens is 2. The van der Waals surface area contributed by atoms with Crippen LogP contribution in [0.25, 0.3) is 11.0 Å². The standard InChI is InChI=1S/C27H16ClF8N5O2/c1-38-26-40(5-4-29)20-10-19(39-24(43)12-6-13(27(34,35)36)8-15(31)7-12)21(17(11-37)22(20)41(26)25(32)33)23(42)16-9-14(30)2-3-18(16)28/h2-3,6-10,25H,4-5H2,1H3,(H,39,43). The Hall–Kier alpha value is -4.71. The number of nitrogens with one attached hydrogen (secondary N) is 1. The van der Waals surface area contributed by atoms with Crippen LogP contribution in [0.1, 0.15) is 44.0 Å². The molecule has 0 aliphatic heterocycles. The van der Waals surface area contributed by atoms with Crippen molar-refractivity contribution >= 4 is 40.0 Å². The Balaban J connectivity index is 2.09. The number of nitrogens with zero attached hydrogens (tertiary/aromatic N) is 4. The number of carbonyl (C=O) groups excluding carboxylic acids is 2. The van der Waals surface area contributed by atoms with E-state index in [1.54, 1.807) is 6.07 Å². The highest BCUT2D eigenvalue weighted by Gasteiger charge is 2.33. The minimum atomic E-state index is -5.05. The molecule has 0 spiro atoms. The molecule has 0 aliphatic rings. The van der Waals surface area contributed by atoms with E-state index >= 15 is 0 Å². The number of hydrogen-bond acceptors (Lipinski definition) is 4. The first-order valence-electron chi connectivity index (χ1n) is 11.9. The van der Waals surface area contributed by atoms with Crippen LogP contribution in [-0.4, -0.2) is 34.5 Å². The van der Waals surface area contributed by atoms with E-state index in [-0.39, 0.29) is 21.2 Å². The molecule has 224 valence electrons. The molecule has 7 nitrogen and oxygen atoms in total. The lowest BCUT2D eigenvalue weighted by molar-refractivity contribution is -0.137. The molecule has 0 aliphatic carbocycles. The van der Waals surface area contributed by atoms with Gasteiger partial charge in [0.25, 0.3) is 5.91 Å². The van der Waals surface area contributed by atoms with Crippen molar-refractivity contribution in [2.75, 3.05) is 19.0 Å². The van der Waals surface area contributed by atoms with Crippen molar-refractivity contribution < 1.29 is 44.7 Å². The monoisotopic (exact) mass is 629 g/mol.